The fraction of sp³-hybridized carbons (Fsp3) is 0.477. The number of hydrogen-bond donors (Lipinski definition) is 1. The van der Waals surface area contributed by atoms with E-state index >= 15 is 0 Å². The van der Waals surface area contributed by atoms with Gasteiger partial charge in [0.1, 0.15) is 6.33 Å². The van der Waals surface area contributed by atoms with E-state index in [9.17, 15) is 23.1 Å². The second kappa shape index (κ2) is 17.6. The molecule has 0 aliphatic carbocycles. The molecule has 0 spiro atoms. The Morgan fingerprint density at radius 2 is 1.47 bits per heavy atom. The van der Waals surface area contributed by atoms with Crippen molar-refractivity contribution in [1.82, 2.24) is 9.97 Å². The number of aliphatic hydroxyl groups is 1. The van der Waals surface area contributed by atoms with Crippen molar-refractivity contribution in [3.8, 4) is 11.3 Å². The number of thiophene rings is 1. The van der Waals surface area contributed by atoms with Crippen LogP contribution in [0.1, 0.15) is 117 Å². The summed E-state index contributed by atoms with van der Waals surface area (Å²) in [5, 5.41) is 12.0. The van der Waals surface area contributed by atoms with Crippen LogP contribution in [0.3, 0.4) is 0 Å². The van der Waals surface area contributed by atoms with Gasteiger partial charge in [0.2, 0.25) is 0 Å². The Morgan fingerprint density at radius 1 is 0.868 bits per heavy atom. The summed E-state index contributed by atoms with van der Waals surface area (Å²) in [6, 6.07) is 13.5. The topological polar surface area (TPSA) is 63.1 Å². The van der Waals surface area contributed by atoms with Gasteiger partial charge in [-0.1, -0.05) is 104 Å². The third-order valence-corrected chi connectivity index (χ3v) is 11.2. The van der Waals surface area contributed by atoms with Crippen LogP contribution >= 0.6 is 11.3 Å². The molecule has 3 aromatic carbocycles. The van der Waals surface area contributed by atoms with Crippen molar-refractivity contribution >= 4 is 48.2 Å². The number of benzene rings is 3. The van der Waals surface area contributed by atoms with Crippen LogP contribution in [0.25, 0.3) is 42.3 Å². The van der Waals surface area contributed by atoms with E-state index in [1.54, 1.807) is 23.7 Å². The van der Waals surface area contributed by atoms with Gasteiger partial charge in [-0.25, -0.2) is 4.98 Å². The van der Waals surface area contributed by atoms with Crippen LogP contribution < -0.4 is 0 Å². The molecule has 53 heavy (non-hydrogen) atoms. The first-order valence-electron chi connectivity index (χ1n) is 18.4. The summed E-state index contributed by atoms with van der Waals surface area (Å²) in [6.07, 6.45) is 3.00. The van der Waals surface area contributed by atoms with E-state index in [1.807, 2.05) is 33.8 Å². The molecule has 1 N–H and O–H groups in total. The second-order valence-corrected chi connectivity index (χ2v) is 17.1. The zero-order chi connectivity index (χ0) is 38.8. The first-order valence-corrected chi connectivity index (χ1v) is 19.2. The number of halogens is 3. The number of allylic oxidation sites excluding steroid dienone is 2. The molecule has 0 bridgehead atoms. The number of fused-ring (bicyclic) bond motifs is 4. The molecule has 0 unspecified atom stereocenters. The largest absolute Gasteiger partial charge is 0.512 e. The molecule has 2 heterocycles. The molecule has 0 fully saturated rings. The molecule has 5 rings (SSSR count). The molecule has 0 aliphatic rings. The summed E-state index contributed by atoms with van der Waals surface area (Å²) >= 11 is 1.65. The number of carbonyl (C=O) groups is 1. The van der Waals surface area contributed by atoms with Gasteiger partial charge in [0, 0.05) is 64.1 Å². The zero-order valence-corrected chi connectivity index (χ0v) is 36.1. The molecular weight excluding hydrogens is 870 g/mol. The molecule has 9 heteroatoms. The van der Waals surface area contributed by atoms with E-state index in [0.717, 1.165) is 64.7 Å². The number of ketones is 1. The van der Waals surface area contributed by atoms with Gasteiger partial charge in [-0.2, -0.15) is 13.2 Å². The van der Waals surface area contributed by atoms with E-state index in [2.05, 4.69) is 76.6 Å². The van der Waals surface area contributed by atoms with Crippen molar-refractivity contribution in [2.75, 3.05) is 0 Å². The van der Waals surface area contributed by atoms with Crippen LogP contribution in [0, 0.1) is 30.2 Å². The standard InChI is InChI=1S/C31H30F3N2S.C13H24O2.Ir/c1-17-18(15-29(2,3)4)8-10-23-26-28(37-27(17)23)25(35-16-36-26)20-12-19-13-21(31(32,33)34)9-11-22(19)24(14-20)30(5,6)7;1-5-10(6-2)12(14)9-13(15)11(7-3)8-4;/h8-11,13-14,16H,15H2,1-7H3;9-11,14H,5-8H2,1-4H3;/q-1;;/b;12-9-;. The smallest absolute Gasteiger partial charge is 0.409 e. The van der Waals surface area contributed by atoms with Gasteiger partial charge in [0.15, 0.2) is 5.78 Å². The maximum atomic E-state index is 13.5. The predicted octanol–water partition coefficient (Wildman–Crippen LogP) is 13.5. The van der Waals surface area contributed by atoms with Crippen molar-refractivity contribution in [3.63, 3.8) is 0 Å². The summed E-state index contributed by atoms with van der Waals surface area (Å²) in [6.45, 7) is 23.1. The quantitative estimate of drug-likeness (QED) is 0.0909. The summed E-state index contributed by atoms with van der Waals surface area (Å²) < 4.78 is 42.7. The van der Waals surface area contributed by atoms with E-state index in [4.69, 9.17) is 0 Å². The number of nitrogens with zero attached hydrogens (tertiary/aromatic N) is 2. The minimum atomic E-state index is -4.42. The van der Waals surface area contributed by atoms with E-state index in [0.29, 0.717) is 16.6 Å². The number of alkyl halides is 3. The van der Waals surface area contributed by atoms with Crippen LogP contribution in [0.5, 0.6) is 0 Å². The van der Waals surface area contributed by atoms with Gasteiger partial charge >= 0.3 is 6.18 Å². The molecule has 0 atom stereocenters. The molecule has 4 nitrogen and oxygen atoms in total. The summed E-state index contributed by atoms with van der Waals surface area (Å²) in [5.41, 5.74) is 4.97. The fourth-order valence-corrected chi connectivity index (χ4v) is 8.04. The third-order valence-electron chi connectivity index (χ3n) is 9.84. The number of aryl methyl sites for hydroxylation is 1. The monoisotopic (exact) mass is 924 g/mol. The average Bonchev–Trinajstić information content (AvgIpc) is 3.45. The van der Waals surface area contributed by atoms with Gasteiger partial charge in [-0.3, -0.25) is 9.78 Å². The van der Waals surface area contributed by atoms with Crippen LogP contribution in [0.4, 0.5) is 13.2 Å². The van der Waals surface area contributed by atoms with E-state index < -0.39 is 11.7 Å². The predicted molar refractivity (Wildman–Crippen MR) is 212 cm³/mol. The Bertz CT molecular complexity index is 2080. The van der Waals surface area contributed by atoms with E-state index in [1.165, 1.54) is 28.0 Å². The summed E-state index contributed by atoms with van der Waals surface area (Å²) in [5.74, 6) is 0.547. The molecule has 0 saturated heterocycles. The molecule has 5 aromatic rings. The molecule has 0 amide bonds. The van der Waals surface area contributed by atoms with Gasteiger partial charge in [0.25, 0.3) is 0 Å². The Morgan fingerprint density at radius 3 is 2.02 bits per heavy atom. The minimum absolute atomic E-state index is 0. The molecule has 1 radical (unpaired) electrons. The zero-order valence-electron chi connectivity index (χ0n) is 32.9. The Balaban J connectivity index is 0.000000403. The molecule has 0 saturated carbocycles. The molecule has 289 valence electrons. The van der Waals surface area contributed by atoms with Gasteiger partial charge in [-0.15, -0.1) is 40.5 Å². The normalized spacial score (nSPS) is 12.8. The van der Waals surface area contributed by atoms with Crippen LogP contribution in [0.2, 0.25) is 0 Å². The number of hydrogen-bond acceptors (Lipinski definition) is 5. The number of carbonyl (C=O) groups excluding carboxylic acids is 1. The van der Waals surface area contributed by atoms with Crippen LogP contribution in [0.15, 0.2) is 54.6 Å². The van der Waals surface area contributed by atoms with Crippen molar-refractivity contribution in [1.29, 1.82) is 0 Å². The molecular formula is C44H54F3IrN2O2S-. The fourth-order valence-electron chi connectivity index (χ4n) is 6.76. The van der Waals surface area contributed by atoms with Crippen molar-refractivity contribution in [3.05, 3.63) is 82.9 Å². The maximum Gasteiger partial charge on any atom is 0.409 e. The van der Waals surface area contributed by atoms with Gasteiger partial charge in [-0.05, 0) is 61.0 Å². The van der Waals surface area contributed by atoms with Crippen molar-refractivity contribution in [2.45, 2.75) is 120 Å². The SMILES string of the molecule is CCC(CC)C(=O)/C=C(\O)C(CC)CC.Cc1c(CC(C)(C)C)ccc2c1sc1c(-c3[c-]c4cc(C(F)(F)F)ccc4c(C(C)(C)C)c3)ncnc12.[Ir]. The van der Waals surface area contributed by atoms with Gasteiger partial charge in [0.05, 0.1) is 11.3 Å². The number of aromatic nitrogens is 2. The Labute approximate surface area is 331 Å². The summed E-state index contributed by atoms with van der Waals surface area (Å²) in [7, 11) is 0. The van der Waals surface area contributed by atoms with Gasteiger partial charge < -0.3 is 5.11 Å². The van der Waals surface area contributed by atoms with Crippen molar-refractivity contribution < 1.29 is 43.2 Å². The van der Waals surface area contributed by atoms with E-state index in [-0.39, 0.29) is 54.3 Å². The first-order chi connectivity index (χ1) is 24.2. The molecule has 0 aliphatic heterocycles. The Hall–Kier alpha value is -3.13. The molecule has 2 aromatic heterocycles. The second-order valence-electron chi connectivity index (χ2n) is 16.1. The maximum absolute atomic E-state index is 13.5. The third kappa shape index (κ3) is 10.3. The van der Waals surface area contributed by atoms with Crippen LogP contribution in [-0.4, -0.2) is 20.9 Å². The first kappa shape index (κ1) is 44.3. The number of aliphatic hydroxyl groups excluding tert-OH is 1. The van der Waals surface area contributed by atoms with Crippen LogP contribution in [-0.2, 0) is 42.9 Å². The summed E-state index contributed by atoms with van der Waals surface area (Å²) in [4.78, 5) is 21.0. The average molecular weight is 924 g/mol. The Kier molecular flexibility index (Phi) is 14.7. The van der Waals surface area contributed by atoms with Crippen molar-refractivity contribution in [2.24, 2.45) is 17.3 Å². The number of rotatable bonds is 9. The minimum Gasteiger partial charge on any atom is -0.512 e.